The van der Waals surface area contributed by atoms with Crippen molar-refractivity contribution in [2.45, 2.75) is 11.1 Å². The maximum Gasteiger partial charge on any atom is 0.416 e. The summed E-state index contributed by atoms with van der Waals surface area (Å²) in [6.45, 7) is 0.935. The average molecular weight is 515 g/mol. The van der Waals surface area contributed by atoms with Gasteiger partial charge in [0.25, 0.3) is 5.91 Å². The molecule has 180 valence electrons. The van der Waals surface area contributed by atoms with Crippen LogP contribution >= 0.6 is 11.6 Å². The largest absolute Gasteiger partial charge is 0.416 e. The molecule has 1 saturated heterocycles. The lowest BCUT2D eigenvalue weighted by Gasteiger charge is -2.26. The minimum atomic E-state index is -4.60. The molecule has 3 rings (SSSR count). The summed E-state index contributed by atoms with van der Waals surface area (Å²) in [5, 5.41) is 14.3. The average Bonchev–Trinajstić information content (AvgIpc) is 2.80. The van der Waals surface area contributed by atoms with Crippen molar-refractivity contribution in [2.24, 2.45) is 0 Å². The molecule has 1 aliphatic rings. The number of nitrogens with zero attached hydrogens (tertiary/aromatic N) is 2. The number of nitrogens with one attached hydrogen (secondary N) is 2. The van der Waals surface area contributed by atoms with Crippen LogP contribution in [0.25, 0.3) is 0 Å². The fourth-order valence-electron chi connectivity index (χ4n) is 2.98. The van der Waals surface area contributed by atoms with E-state index in [1.807, 2.05) is 0 Å². The van der Waals surface area contributed by atoms with Gasteiger partial charge in [-0.05, 0) is 36.4 Å². The number of ether oxygens (including phenoxy) is 1. The second-order valence-corrected chi connectivity index (χ2v) is 9.35. The number of sulfonamides is 1. The number of carbonyl (C=O) groups is 1. The van der Waals surface area contributed by atoms with Crippen LogP contribution in [-0.4, -0.2) is 44.9 Å². The minimum absolute atomic E-state index is 0.0541. The van der Waals surface area contributed by atoms with E-state index in [2.05, 4.69) is 10.6 Å². The summed E-state index contributed by atoms with van der Waals surface area (Å²) >= 11 is 6.12. The van der Waals surface area contributed by atoms with Gasteiger partial charge < -0.3 is 15.4 Å². The van der Waals surface area contributed by atoms with Crippen molar-refractivity contribution in [3.05, 3.63) is 64.8 Å². The Labute approximate surface area is 198 Å². The molecule has 34 heavy (non-hydrogen) atoms. The van der Waals surface area contributed by atoms with Crippen LogP contribution in [0.5, 0.6) is 0 Å². The van der Waals surface area contributed by atoms with Gasteiger partial charge in [-0.15, -0.1) is 0 Å². The normalized spacial score (nSPS) is 15.4. The molecule has 2 aromatic carbocycles. The number of hydrogen-bond acceptors (Lipinski definition) is 6. The third-order valence-corrected chi connectivity index (χ3v) is 6.95. The molecular formula is C21H18ClF3N4O4S. The maximum atomic E-state index is 12.9. The SMILES string of the molecule is N#C/C(=C/Nc1cc(S(=O)(=O)N2CCOCC2)ccc1Cl)C(=O)Nc1cccc(C(F)(F)F)c1. The fraction of sp³-hybridized carbons (Fsp3) is 0.238. The summed E-state index contributed by atoms with van der Waals surface area (Å²) < 4.78 is 70.7. The molecule has 0 aromatic heterocycles. The highest BCUT2D eigenvalue weighted by molar-refractivity contribution is 7.89. The van der Waals surface area contributed by atoms with Gasteiger partial charge in [-0.25, -0.2) is 8.42 Å². The fourth-order valence-corrected chi connectivity index (χ4v) is 4.59. The van der Waals surface area contributed by atoms with Crippen LogP contribution < -0.4 is 10.6 Å². The molecule has 8 nitrogen and oxygen atoms in total. The number of anilines is 2. The Bertz CT molecular complexity index is 1250. The number of halogens is 4. The molecule has 2 N–H and O–H groups in total. The van der Waals surface area contributed by atoms with Crippen LogP contribution in [-0.2, 0) is 25.7 Å². The summed E-state index contributed by atoms with van der Waals surface area (Å²) in [6, 6.07) is 9.50. The predicted octanol–water partition coefficient (Wildman–Crippen LogP) is 3.84. The molecule has 0 spiro atoms. The quantitative estimate of drug-likeness (QED) is 0.447. The standard InChI is InChI=1S/C21H18ClF3N4O4S/c22-18-5-4-17(34(31,32)29-6-8-33-9-7-29)11-19(18)27-13-14(12-26)20(30)28-16-3-1-2-15(10-16)21(23,24)25/h1-5,10-11,13,27H,6-9H2,(H,28,30)/b14-13-. The molecule has 1 heterocycles. The van der Waals surface area contributed by atoms with E-state index in [1.54, 1.807) is 6.07 Å². The molecule has 0 bridgehead atoms. The van der Waals surface area contributed by atoms with Crippen LogP contribution in [0.4, 0.5) is 24.5 Å². The van der Waals surface area contributed by atoms with Gasteiger partial charge in [0.05, 0.1) is 34.4 Å². The van der Waals surface area contributed by atoms with Crippen molar-refractivity contribution in [3.8, 4) is 6.07 Å². The minimum Gasteiger partial charge on any atom is -0.379 e. The smallest absolute Gasteiger partial charge is 0.379 e. The van der Waals surface area contributed by atoms with Gasteiger partial charge in [0, 0.05) is 25.0 Å². The van der Waals surface area contributed by atoms with Crippen LogP contribution in [0.2, 0.25) is 5.02 Å². The van der Waals surface area contributed by atoms with Gasteiger partial charge in [-0.3, -0.25) is 4.79 Å². The second-order valence-electron chi connectivity index (χ2n) is 7.00. The highest BCUT2D eigenvalue weighted by atomic mass is 35.5. The van der Waals surface area contributed by atoms with Crippen LogP contribution in [0.3, 0.4) is 0 Å². The van der Waals surface area contributed by atoms with E-state index in [0.29, 0.717) is 0 Å². The first-order chi connectivity index (χ1) is 16.0. The van der Waals surface area contributed by atoms with Gasteiger partial charge >= 0.3 is 6.18 Å². The molecule has 0 aliphatic carbocycles. The van der Waals surface area contributed by atoms with E-state index in [1.165, 1.54) is 28.6 Å². The summed E-state index contributed by atoms with van der Waals surface area (Å²) in [5.74, 6) is -0.970. The van der Waals surface area contributed by atoms with Gasteiger partial charge in [-0.2, -0.15) is 22.7 Å². The lowest BCUT2D eigenvalue weighted by atomic mass is 10.2. The Morgan fingerprint density at radius 1 is 1.18 bits per heavy atom. The van der Waals surface area contributed by atoms with E-state index in [0.717, 1.165) is 24.4 Å². The van der Waals surface area contributed by atoms with Crippen LogP contribution in [0.1, 0.15) is 5.56 Å². The number of nitriles is 1. The number of amides is 1. The Morgan fingerprint density at radius 3 is 2.53 bits per heavy atom. The third kappa shape index (κ3) is 6.06. The molecule has 2 aromatic rings. The summed E-state index contributed by atoms with van der Waals surface area (Å²) in [6.07, 6.45) is -3.62. The molecular weight excluding hydrogens is 497 g/mol. The van der Waals surface area contributed by atoms with E-state index < -0.39 is 33.2 Å². The highest BCUT2D eigenvalue weighted by Crippen LogP contribution is 2.31. The van der Waals surface area contributed by atoms with E-state index >= 15 is 0 Å². The molecule has 1 fully saturated rings. The van der Waals surface area contributed by atoms with Crippen molar-refractivity contribution < 1.29 is 31.1 Å². The Balaban J connectivity index is 1.78. The molecule has 1 amide bonds. The van der Waals surface area contributed by atoms with Crippen molar-refractivity contribution in [1.82, 2.24) is 4.31 Å². The Kier molecular flexibility index (Phi) is 7.83. The Morgan fingerprint density at radius 2 is 1.88 bits per heavy atom. The van der Waals surface area contributed by atoms with E-state index in [-0.39, 0.29) is 47.6 Å². The maximum absolute atomic E-state index is 12.9. The number of carbonyl (C=O) groups excluding carboxylic acids is 1. The van der Waals surface area contributed by atoms with Gasteiger partial charge in [0.2, 0.25) is 10.0 Å². The lowest BCUT2D eigenvalue weighted by molar-refractivity contribution is -0.137. The van der Waals surface area contributed by atoms with Crippen LogP contribution in [0.15, 0.2) is 59.1 Å². The first-order valence-corrected chi connectivity index (χ1v) is 11.6. The molecule has 13 heteroatoms. The first kappa shape index (κ1) is 25.5. The molecule has 1 aliphatic heterocycles. The number of alkyl halides is 3. The van der Waals surface area contributed by atoms with Gasteiger partial charge in [0.15, 0.2) is 0 Å². The number of morpholine rings is 1. The third-order valence-electron chi connectivity index (χ3n) is 4.73. The van der Waals surface area contributed by atoms with Crippen molar-refractivity contribution >= 4 is 38.9 Å². The monoisotopic (exact) mass is 514 g/mol. The van der Waals surface area contributed by atoms with Crippen molar-refractivity contribution in [2.75, 3.05) is 36.9 Å². The molecule has 0 unspecified atom stereocenters. The zero-order chi connectivity index (χ0) is 24.9. The summed E-state index contributed by atoms with van der Waals surface area (Å²) in [7, 11) is -3.82. The van der Waals surface area contributed by atoms with Crippen molar-refractivity contribution in [3.63, 3.8) is 0 Å². The Hall–Kier alpha value is -3.11. The summed E-state index contributed by atoms with van der Waals surface area (Å²) in [4.78, 5) is 12.3. The predicted molar refractivity (Wildman–Crippen MR) is 118 cm³/mol. The first-order valence-electron chi connectivity index (χ1n) is 9.75. The van der Waals surface area contributed by atoms with E-state index in [9.17, 15) is 31.6 Å². The topological polar surface area (TPSA) is 112 Å². The van der Waals surface area contributed by atoms with Crippen molar-refractivity contribution in [1.29, 1.82) is 5.26 Å². The zero-order valence-electron chi connectivity index (χ0n) is 17.4. The zero-order valence-corrected chi connectivity index (χ0v) is 19.0. The molecule has 0 atom stereocenters. The highest BCUT2D eigenvalue weighted by Gasteiger charge is 2.30. The van der Waals surface area contributed by atoms with Gasteiger partial charge in [-0.1, -0.05) is 17.7 Å². The second kappa shape index (κ2) is 10.4. The lowest BCUT2D eigenvalue weighted by Crippen LogP contribution is -2.40. The number of benzene rings is 2. The van der Waals surface area contributed by atoms with Crippen LogP contribution in [0, 0.1) is 11.3 Å². The molecule has 0 saturated carbocycles. The summed E-state index contributed by atoms with van der Waals surface area (Å²) in [5.41, 5.74) is -1.49. The number of rotatable bonds is 6. The van der Waals surface area contributed by atoms with Gasteiger partial charge in [0.1, 0.15) is 11.6 Å². The molecule has 0 radical (unpaired) electrons. The van der Waals surface area contributed by atoms with E-state index in [4.69, 9.17) is 16.3 Å². The number of hydrogen-bond donors (Lipinski definition) is 2.